The van der Waals surface area contributed by atoms with Crippen LogP contribution in [0.3, 0.4) is 0 Å². The van der Waals surface area contributed by atoms with Crippen LogP contribution >= 0.6 is 0 Å². The first-order chi connectivity index (χ1) is 12.6. The maximum Gasteiger partial charge on any atom is 0.417 e. The summed E-state index contributed by atoms with van der Waals surface area (Å²) in [5.41, 5.74) is 0.717. The van der Waals surface area contributed by atoms with E-state index in [0.717, 1.165) is 57.1 Å². The van der Waals surface area contributed by atoms with E-state index in [-0.39, 0.29) is 11.3 Å². The molecule has 27 heavy (non-hydrogen) atoms. The number of hydrogen-bond acceptors (Lipinski definition) is 4. The van der Waals surface area contributed by atoms with Crippen molar-refractivity contribution in [2.45, 2.75) is 57.2 Å². The van der Waals surface area contributed by atoms with E-state index in [2.05, 4.69) is 9.88 Å². The highest BCUT2D eigenvalue weighted by Crippen LogP contribution is 2.44. The second kappa shape index (κ2) is 6.44. The Bertz CT molecular complexity index is 818. The topological polar surface area (TPSA) is 50.3 Å². The first kappa shape index (κ1) is 19.2. The number of halogens is 3. The fraction of sp³-hybridized carbons (Fsp3) is 0.737. The second-order valence-electron chi connectivity index (χ2n) is 8.68. The Morgan fingerprint density at radius 3 is 2.41 bits per heavy atom. The molecule has 3 fully saturated rings. The monoisotopic (exact) mass is 402 g/mol. The maximum absolute atomic E-state index is 12.8. The van der Waals surface area contributed by atoms with Crippen LogP contribution in [0, 0.1) is 12.3 Å². The first-order valence-corrected chi connectivity index (χ1v) is 11.4. The highest BCUT2D eigenvalue weighted by atomic mass is 32.2. The summed E-state index contributed by atoms with van der Waals surface area (Å²) >= 11 is 0. The lowest BCUT2D eigenvalue weighted by atomic mass is 9.82. The summed E-state index contributed by atoms with van der Waals surface area (Å²) in [6.45, 7) is 3.55. The van der Waals surface area contributed by atoms with Gasteiger partial charge in [-0.25, -0.2) is 8.42 Å². The van der Waals surface area contributed by atoms with Crippen molar-refractivity contribution in [2.24, 2.45) is 5.41 Å². The zero-order valence-electron chi connectivity index (χ0n) is 15.4. The van der Waals surface area contributed by atoms with Crippen molar-refractivity contribution in [3.63, 3.8) is 0 Å². The average molecular weight is 402 g/mol. The van der Waals surface area contributed by atoms with Crippen molar-refractivity contribution < 1.29 is 21.6 Å². The van der Waals surface area contributed by atoms with Crippen LogP contribution in [-0.4, -0.2) is 48.9 Å². The smallest absolute Gasteiger partial charge is 0.300 e. The minimum Gasteiger partial charge on any atom is -0.300 e. The number of nitrogens with zero attached hydrogens (tertiary/aromatic N) is 2. The Balaban J connectivity index is 1.36. The summed E-state index contributed by atoms with van der Waals surface area (Å²) in [5, 5.41) is 0. The lowest BCUT2D eigenvalue weighted by molar-refractivity contribution is -0.137. The molecule has 2 aliphatic heterocycles. The zero-order valence-corrected chi connectivity index (χ0v) is 16.2. The van der Waals surface area contributed by atoms with Gasteiger partial charge in [0.15, 0.2) is 9.84 Å². The standard InChI is InChI=1S/C19H25F3N2O2S/c1-13-8-15(19(20,21)22)9-23-17(13)14-2-4-16(5-3-14)24-7-6-18(10-24)11-27(25,26)12-18/h8-9,14,16H,2-7,10-12H2,1H3/t14-,16-. The molecule has 3 heterocycles. The number of likely N-dealkylation sites (tertiary alicyclic amines) is 1. The molecule has 0 radical (unpaired) electrons. The highest BCUT2D eigenvalue weighted by molar-refractivity contribution is 7.92. The zero-order chi connectivity index (χ0) is 19.4. The van der Waals surface area contributed by atoms with Crippen LogP contribution in [0.4, 0.5) is 13.2 Å². The summed E-state index contributed by atoms with van der Waals surface area (Å²) < 4.78 is 61.6. The molecule has 3 aliphatic rings. The van der Waals surface area contributed by atoms with Gasteiger partial charge in [0.1, 0.15) is 0 Å². The largest absolute Gasteiger partial charge is 0.417 e. The number of aromatic nitrogens is 1. The molecule has 0 atom stereocenters. The van der Waals surface area contributed by atoms with E-state index in [9.17, 15) is 21.6 Å². The molecule has 4 rings (SSSR count). The van der Waals surface area contributed by atoms with E-state index < -0.39 is 21.6 Å². The van der Waals surface area contributed by atoms with E-state index >= 15 is 0 Å². The molecule has 0 amide bonds. The molecular weight excluding hydrogens is 377 g/mol. The van der Waals surface area contributed by atoms with Crippen LogP contribution in [0.1, 0.15) is 54.8 Å². The highest BCUT2D eigenvalue weighted by Gasteiger charge is 2.53. The predicted octanol–water partition coefficient (Wildman–Crippen LogP) is 3.56. The van der Waals surface area contributed by atoms with Crippen LogP contribution in [0.25, 0.3) is 0 Å². The van der Waals surface area contributed by atoms with E-state index in [0.29, 0.717) is 23.1 Å². The van der Waals surface area contributed by atoms with Gasteiger partial charge in [0, 0.05) is 35.8 Å². The van der Waals surface area contributed by atoms with Crippen LogP contribution in [0.2, 0.25) is 0 Å². The Morgan fingerprint density at radius 2 is 1.85 bits per heavy atom. The quantitative estimate of drug-likeness (QED) is 0.759. The fourth-order valence-corrected chi connectivity index (χ4v) is 7.54. The molecule has 150 valence electrons. The van der Waals surface area contributed by atoms with Gasteiger partial charge in [-0.05, 0) is 57.2 Å². The third-order valence-corrected chi connectivity index (χ3v) is 8.67. The van der Waals surface area contributed by atoms with E-state index in [1.54, 1.807) is 6.92 Å². The van der Waals surface area contributed by atoms with Gasteiger partial charge >= 0.3 is 6.18 Å². The lowest BCUT2D eigenvalue weighted by Gasteiger charge is -2.40. The van der Waals surface area contributed by atoms with E-state index in [4.69, 9.17) is 0 Å². The lowest BCUT2D eigenvalue weighted by Crippen LogP contribution is -2.51. The molecule has 0 bridgehead atoms. The van der Waals surface area contributed by atoms with Gasteiger partial charge in [-0.15, -0.1) is 0 Å². The Morgan fingerprint density at radius 1 is 1.19 bits per heavy atom. The Kier molecular flexibility index (Phi) is 4.57. The third kappa shape index (κ3) is 3.75. The summed E-state index contributed by atoms with van der Waals surface area (Å²) in [7, 11) is -2.81. The Hall–Kier alpha value is -1.15. The molecule has 0 aromatic carbocycles. The molecule has 1 aliphatic carbocycles. The molecule has 2 saturated heterocycles. The van der Waals surface area contributed by atoms with Gasteiger partial charge in [0.2, 0.25) is 0 Å². The molecule has 0 N–H and O–H groups in total. The molecule has 8 heteroatoms. The maximum atomic E-state index is 12.8. The van der Waals surface area contributed by atoms with Crippen molar-refractivity contribution in [1.82, 2.24) is 9.88 Å². The average Bonchev–Trinajstić information content (AvgIpc) is 2.97. The molecule has 0 unspecified atom stereocenters. The molecule has 1 aromatic heterocycles. The number of aryl methyl sites for hydroxylation is 1. The minimum absolute atomic E-state index is 0.0126. The predicted molar refractivity (Wildman–Crippen MR) is 96.2 cm³/mol. The summed E-state index contributed by atoms with van der Waals surface area (Å²) in [4.78, 5) is 6.59. The van der Waals surface area contributed by atoms with Crippen LogP contribution in [0.15, 0.2) is 12.3 Å². The van der Waals surface area contributed by atoms with Gasteiger partial charge in [-0.2, -0.15) is 13.2 Å². The van der Waals surface area contributed by atoms with Crippen molar-refractivity contribution in [3.8, 4) is 0 Å². The fourth-order valence-electron chi connectivity index (χ4n) is 5.29. The number of pyridine rings is 1. The van der Waals surface area contributed by atoms with E-state index in [1.807, 2.05) is 0 Å². The molecular formula is C19H25F3N2O2S. The van der Waals surface area contributed by atoms with Crippen molar-refractivity contribution in [2.75, 3.05) is 24.6 Å². The number of hydrogen-bond donors (Lipinski definition) is 0. The van der Waals surface area contributed by atoms with Crippen molar-refractivity contribution in [3.05, 3.63) is 29.1 Å². The molecule has 4 nitrogen and oxygen atoms in total. The second-order valence-corrected chi connectivity index (χ2v) is 10.7. The van der Waals surface area contributed by atoms with E-state index in [1.165, 1.54) is 6.07 Å². The summed E-state index contributed by atoms with van der Waals surface area (Å²) in [6.07, 6.45) is 1.40. The van der Waals surface area contributed by atoms with Gasteiger partial charge in [-0.3, -0.25) is 9.88 Å². The number of rotatable bonds is 2. The van der Waals surface area contributed by atoms with Gasteiger partial charge in [0.05, 0.1) is 17.1 Å². The summed E-state index contributed by atoms with van der Waals surface area (Å²) in [5.74, 6) is 0.880. The molecule has 1 spiro atoms. The normalized spacial score (nSPS) is 30.4. The van der Waals surface area contributed by atoms with Gasteiger partial charge in [0.25, 0.3) is 0 Å². The summed E-state index contributed by atoms with van der Waals surface area (Å²) in [6, 6.07) is 1.66. The number of alkyl halides is 3. The van der Waals surface area contributed by atoms with Crippen molar-refractivity contribution >= 4 is 9.84 Å². The van der Waals surface area contributed by atoms with Crippen LogP contribution in [-0.2, 0) is 16.0 Å². The van der Waals surface area contributed by atoms with Crippen molar-refractivity contribution in [1.29, 1.82) is 0 Å². The SMILES string of the molecule is Cc1cc(C(F)(F)F)cnc1[C@H]1CC[C@H](N2CCC3(C2)CS(=O)(=O)C3)CC1. The van der Waals surface area contributed by atoms with Gasteiger partial charge < -0.3 is 0 Å². The first-order valence-electron chi connectivity index (χ1n) is 9.55. The minimum atomic E-state index is -4.35. The third-order valence-electron chi connectivity index (χ3n) is 6.57. The number of sulfone groups is 1. The van der Waals surface area contributed by atoms with Crippen LogP contribution < -0.4 is 0 Å². The molecule has 1 saturated carbocycles. The van der Waals surface area contributed by atoms with Gasteiger partial charge in [-0.1, -0.05) is 0 Å². The molecule has 1 aromatic rings. The Labute approximate surface area is 158 Å². The van der Waals surface area contributed by atoms with Crippen LogP contribution in [0.5, 0.6) is 0 Å².